The summed E-state index contributed by atoms with van der Waals surface area (Å²) in [5, 5.41) is 0.607. The van der Waals surface area contributed by atoms with E-state index in [4.69, 9.17) is 44.3 Å². The highest BCUT2D eigenvalue weighted by Gasteiger charge is 2.21. The number of hydrogen-bond donors (Lipinski definition) is 0. The molecule has 2 aromatic carbocycles. The van der Waals surface area contributed by atoms with Crippen LogP contribution in [-0.4, -0.2) is 14.2 Å². The molecule has 2 rings (SSSR count). The molecular weight excluding hydrogens is 398 g/mol. The summed E-state index contributed by atoms with van der Waals surface area (Å²) < 4.78 is 11.3. The smallest absolute Gasteiger partial charge is 0.146 e. The van der Waals surface area contributed by atoms with Crippen molar-refractivity contribution in [1.82, 2.24) is 0 Å². The first kappa shape index (κ1) is 16.8. The number of benzene rings is 2. The number of hydrogen-bond acceptors (Lipinski definition) is 2. The summed E-state index contributed by atoms with van der Waals surface area (Å²) in [6.45, 7) is 0. The minimum atomic E-state index is -0.420. The van der Waals surface area contributed by atoms with Crippen LogP contribution in [0.25, 0.3) is 0 Å². The van der Waals surface area contributed by atoms with Crippen molar-refractivity contribution in [1.29, 1.82) is 0 Å². The van der Waals surface area contributed by atoms with Crippen molar-refractivity contribution < 1.29 is 9.47 Å². The number of methoxy groups -OCH3 is 2. The SMILES string of the molecule is COc1ccc(C(Cl)c2ccc(Cl)c(Br)c2)c(OC)c1Cl. The molecule has 0 aliphatic rings. The molecule has 0 amide bonds. The van der Waals surface area contributed by atoms with Gasteiger partial charge in [0.15, 0.2) is 0 Å². The maximum absolute atomic E-state index is 6.56. The Labute approximate surface area is 147 Å². The average Bonchev–Trinajstić information content (AvgIpc) is 2.49. The molecule has 0 aromatic heterocycles. The standard InChI is InChI=1S/C15H12BrCl3O2/c1-20-12-6-4-9(15(21-2)14(12)19)13(18)8-3-5-11(17)10(16)7-8/h3-7,13H,1-2H3. The van der Waals surface area contributed by atoms with Gasteiger partial charge in [-0.05, 0) is 45.8 Å². The highest BCUT2D eigenvalue weighted by atomic mass is 79.9. The normalized spacial score (nSPS) is 12.1. The maximum atomic E-state index is 6.56. The van der Waals surface area contributed by atoms with Crippen LogP contribution in [0.3, 0.4) is 0 Å². The van der Waals surface area contributed by atoms with Crippen LogP contribution < -0.4 is 9.47 Å². The van der Waals surface area contributed by atoms with Crippen LogP contribution in [0.1, 0.15) is 16.5 Å². The molecule has 112 valence electrons. The predicted octanol–water partition coefficient (Wildman–Crippen LogP) is 6.10. The van der Waals surface area contributed by atoms with Gasteiger partial charge in [-0.3, -0.25) is 0 Å². The lowest BCUT2D eigenvalue weighted by Gasteiger charge is -2.17. The van der Waals surface area contributed by atoms with Crippen molar-refractivity contribution >= 4 is 50.7 Å². The molecule has 0 saturated heterocycles. The van der Waals surface area contributed by atoms with Crippen LogP contribution in [0, 0.1) is 0 Å². The van der Waals surface area contributed by atoms with E-state index in [-0.39, 0.29) is 0 Å². The van der Waals surface area contributed by atoms with Crippen molar-refractivity contribution in [3.63, 3.8) is 0 Å². The lowest BCUT2D eigenvalue weighted by atomic mass is 10.0. The minimum absolute atomic E-state index is 0.399. The van der Waals surface area contributed by atoms with Gasteiger partial charge in [-0.25, -0.2) is 0 Å². The molecule has 0 bridgehead atoms. The van der Waals surface area contributed by atoms with Crippen molar-refractivity contribution in [2.75, 3.05) is 14.2 Å². The fraction of sp³-hybridized carbons (Fsp3) is 0.200. The van der Waals surface area contributed by atoms with E-state index in [0.29, 0.717) is 21.5 Å². The summed E-state index contributed by atoms with van der Waals surface area (Å²) in [5.74, 6) is 1.04. The molecule has 0 aliphatic carbocycles. The van der Waals surface area contributed by atoms with Crippen LogP contribution in [-0.2, 0) is 0 Å². The van der Waals surface area contributed by atoms with Gasteiger partial charge in [0.05, 0.1) is 24.6 Å². The van der Waals surface area contributed by atoms with E-state index in [0.717, 1.165) is 15.6 Å². The Kier molecular flexibility index (Phi) is 5.67. The summed E-state index contributed by atoms with van der Waals surface area (Å²) in [4.78, 5) is 0. The van der Waals surface area contributed by atoms with Crippen molar-refractivity contribution in [3.05, 3.63) is 56.0 Å². The quantitative estimate of drug-likeness (QED) is 0.567. The van der Waals surface area contributed by atoms with Gasteiger partial charge >= 0.3 is 0 Å². The lowest BCUT2D eigenvalue weighted by molar-refractivity contribution is 0.392. The van der Waals surface area contributed by atoms with E-state index >= 15 is 0 Å². The van der Waals surface area contributed by atoms with Gasteiger partial charge in [0.1, 0.15) is 16.5 Å². The number of ether oxygens (including phenoxy) is 2. The van der Waals surface area contributed by atoms with Gasteiger partial charge < -0.3 is 9.47 Å². The van der Waals surface area contributed by atoms with Crippen LogP contribution in [0.4, 0.5) is 0 Å². The molecule has 0 spiro atoms. The fourth-order valence-electron chi connectivity index (χ4n) is 1.97. The molecule has 21 heavy (non-hydrogen) atoms. The van der Waals surface area contributed by atoms with Gasteiger partial charge in [-0.15, -0.1) is 11.6 Å². The Morgan fingerprint density at radius 1 is 1.05 bits per heavy atom. The molecule has 1 atom stereocenters. The Morgan fingerprint density at radius 3 is 2.33 bits per heavy atom. The predicted molar refractivity (Wildman–Crippen MR) is 91.4 cm³/mol. The van der Waals surface area contributed by atoms with Crippen LogP contribution in [0.5, 0.6) is 11.5 Å². The first-order valence-corrected chi connectivity index (χ1v) is 7.97. The average molecular weight is 411 g/mol. The minimum Gasteiger partial charge on any atom is -0.495 e. The molecule has 6 heteroatoms. The third-order valence-electron chi connectivity index (χ3n) is 3.03. The summed E-state index contributed by atoms with van der Waals surface area (Å²) in [6, 6.07) is 9.12. The largest absolute Gasteiger partial charge is 0.495 e. The van der Waals surface area contributed by atoms with Gasteiger partial charge in [0.25, 0.3) is 0 Å². The molecule has 0 saturated carbocycles. The third kappa shape index (κ3) is 3.42. The second kappa shape index (κ2) is 7.10. The number of rotatable bonds is 4. The fourth-order valence-corrected chi connectivity index (χ4v) is 3.12. The molecule has 0 heterocycles. The highest BCUT2D eigenvalue weighted by Crippen LogP contribution is 2.43. The van der Waals surface area contributed by atoms with E-state index in [1.54, 1.807) is 26.4 Å². The second-order valence-corrected chi connectivity index (χ2v) is 6.32. The Morgan fingerprint density at radius 2 is 1.76 bits per heavy atom. The highest BCUT2D eigenvalue weighted by molar-refractivity contribution is 9.10. The van der Waals surface area contributed by atoms with Crippen LogP contribution >= 0.6 is 50.7 Å². The zero-order chi connectivity index (χ0) is 15.6. The summed E-state index contributed by atoms with van der Waals surface area (Å²) in [7, 11) is 3.10. The second-order valence-electron chi connectivity index (χ2n) is 4.24. The first-order chi connectivity index (χ1) is 9.99. The van der Waals surface area contributed by atoms with Gasteiger partial charge in [-0.1, -0.05) is 29.3 Å². The number of halogens is 4. The van der Waals surface area contributed by atoms with Crippen LogP contribution in [0.2, 0.25) is 10.0 Å². The molecule has 0 fully saturated rings. The van der Waals surface area contributed by atoms with E-state index in [9.17, 15) is 0 Å². The molecule has 0 aliphatic heterocycles. The summed E-state index contributed by atoms with van der Waals surface area (Å²) in [5.41, 5.74) is 1.65. The molecular formula is C15H12BrCl3O2. The Hall–Kier alpha value is -0.610. The molecule has 0 radical (unpaired) electrons. The Bertz CT molecular complexity index is 662. The van der Waals surface area contributed by atoms with E-state index in [1.165, 1.54) is 0 Å². The number of alkyl halides is 1. The maximum Gasteiger partial charge on any atom is 0.146 e. The van der Waals surface area contributed by atoms with Gasteiger partial charge in [-0.2, -0.15) is 0 Å². The van der Waals surface area contributed by atoms with Crippen molar-refractivity contribution in [2.45, 2.75) is 5.38 Å². The van der Waals surface area contributed by atoms with Crippen molar-refractivity contribution in [3.8, 4) is 11.5 Å². The van der Waals surface area contributed by atoms with E-state index < -0.39 is 5.38 Å². The van der Waals surface area contributed by atoms with E-state index in [1.807, 2.05) is 18.2 Å². The molecule has 2 nitrogen and oxygen atoms in total. The molecule has 0 N–H and O–H groups in total. The van der Waals surface area contributed by atoms with Crippen LogP contribution in [0.15, 0.2) is 34.8 Å². The first-order valence-electron chi connectivity index (χ1n) is 5.99. The van der Waals surface area contributed by atoms with Crippen molar-refractivity contribution in [2.24, 2.45) is 0 Å². The zero-order valence-corrected chi connectivity index (χ0v) is 15.1. The van der Waals surface area contributed by atoms with Gasteiger partial charge in [0.2, 0.25) is 0 Å². The zero-order valence-electron chi connectivity index (χ0n) is 11.3. The summed E-state index contributed by atoms with van der Waals surface area (Å²) in [6.07, 6.45) is 0. The Balaban J connectivity index is 2.50. The lowest BCUT2D eigenvalue weighted by Crippen LogP contribution is -1.99. The topological polar surface area (TPSA) is 18.5 Å². The molecule has 2 aromatic rings. The van der Waals surface area contributed by atoms with E-state index in [2.05, 4.69) is 15.9 Å². The van der Waals surface area contributed by atoms with Gasteiger partial charge in [0, 0.05) is 10.0 Å². The molecule has 1 unspecified atom stereocenters. The monoisotopic (exact) mass is 408 g/mol. The third-order valence-corrected chi connectivity index (χ3v) is 5.08. The summed E-state index contributed by atoms with van der Waals surface area (Å²) >= 11 is 22.2.